The topological polar surface area (TPSA) is 166 Å². The normalized spacial score (nSPS) is 16.6. The van der Waals surface area contributed by atoms with Crippen LogP contribution in [0, 0.1) is 0 Å². The van der Waals surface area contributed by atoms with Crippen LogP contribution in [-0.2, 0) is 31.6 Å². The average molecular weight is 639 g/mol. The van der Waals surface area contributed by atoms with Crippen LogP contribution in [0.3, 0.4) is 0 Å². The molecule has 0 fully saturated rings. The summed E-state index contributed by atoms with van der Waals surface area (Å²) in [6, 6.07) is 24.0. The predicted molar refractivity (Wildman–Crippen MR) is 169 cm³/mol. The van der Waals surface area contributed by atoms with Crippen molar-refractivity contribution in [2.45, 2.75) is 30.0 Å². The van der Waals surface area contributed by atoms with Gasteiger partial charge in [-0.15, -0.1) is 0 Å². The number of sulfone groups is 1. The second kappa shape index (κ2) is 12.5. The Labute approximate surface area is 265 Å². The van der Waals surface area contributed by atoms with Crippen LogP contribution in [0.2, 0.25) is 0 Å². The van der Waals surface area contributed by atoms with E-state index in [-0.39, 0.29) is 47.8 Å². The van der Waals surface area contributed by atoms with Crippen molar-refractivity contribution in [1.82, 2.24) is 20.5 Å². The molecule has 4 N–H and O–H groups in total. The van der Waals surface area contributed by atoms with E-state index in [0.717, 1.165) is 16.0 Å². The zero-order valence-electron chi connectivity index (χ0n) is 24.5. The number of rotatable bonds is 9. The number of phenols is 1. The number of carbonyl (C=O) groups excluding carboxylic acids is 3. The number of phenolic OH excluding ortho intramolecular Hbond substituents is 1. The van der Waals surface area contributed by atoms with E-state index >= 15 is 0 Å². The highest BCUT2D eigenvalue weighted by molar-refractivity contribution is 7.91. The number of aromatic nitrogens is 1. The quantitative estimate of drug-likeness (QED) is 0.216. The van der Waals surface area contributed by atoms with E-state index in [2.05, 4.69) is 15.6 Å². The summed E-state index contributed by atoms with van der Waals surface area (Å²) in [5, 5.41) is 24.4. The minimum absolute atomic E-state index is 0.0523. The third-order valence-electron chi connectivity index (χ3n) is 7.98. The molecular formula is C34H30N4O7S. The number of aromatic hydroxyl groups is 2. The third kappa shape index (κ3) is 6.20. The van der Waals surface area contributed by atoms with E-state index in [1.54, 1.807) is 36.4 Å². The second-order valence-corrected chi connectivity index (χ2v) is 13.2. The number of benzene rings is 3. The van der Waals surface area contributed by atoms with Gasteiger partial charge in [-0.25, -0.2) is 8.42 Å². The van der Waals surface area contributed by atoms with Crippen LogP contribution in [0.5, 0.6) is 11.5 Å². The van der Waals surface area contributed by atoms with Crippen LogP contribution in [-0.4, -0.2) is 64.1 Å². The lowest BCUT2D eigenvalue weighted by Crippen LogP contribution is -2.53. The molecule has 2 unspecified atom stereocenters. The first-order chi connectivity index (χ1) is 22.1. The Morgan fingerprint density at radius 2 is 1.70 bits per heavy atom. The van der Waals surface area contributed by atoms with Crippen molar-refractivity contribution in [3.8, 4) is 22.6 Å². The van der Waals surface area contributed by atoms with Crippen LogP contribution < -0.4 is 10.6 Å². The molecule has 0 aliphatic carbocycles. The molecule has 46 heavy (non-hydrogen) atoms. The van der Waals surface area contributed by atoms with E-state index in [9.17, 15) is 33.0 Å². The average Bonchev–Trinajstić information content (AvgIpc) is 3.62. The van der Waals surface area contributed by atoms with Gasteiger partial charge in [0.25, 0.3) is 11.8 Å². The van der Waals surface area contributed by atoms with Gasteiger partial charge in [-0.05, 0) is 53.1 Å². The molecule has 4 aromatic rings. The highest BCUT2D eigenvalue weighted by Gasteiger charge is 2.49. The lowest BCUT2D eigenvalue weighted by atomic mass is 10.0. The SMILES string of the molecule is O=C1CNC2=C1N(C(=O)C(Cc1cccc(O)c1)NC(=O)c1ccc(-c3ccccc3)cc1)C(S(=O)(=O)Cc1ncccc1O)C2. The Balaban J connectivity index is 1.33. The highest BCUT2D eigenvalue weighted by atomic mass is 32.2. The number of hydrogen-bond acceptors (Lipinski definition) is 9. The first-order valence-corrected chi connectivity index (χ1v) is 16.2. The minimum Gasteiger partial charge on any atom is -0.508 e. The third-order valence-corrected chi connectivity index (χ3v) is 9.87. The number of pyridine rings is 1. The molecule has 2 amide bonds. The minimum atomic E-state index is -4.22. The molecule has 1 aromatic heterocycles. The summed E-state index contributed by atoms with van der Waals surface area (Å²) in [5.74, 6) is -2.90. The number of Topliss-reactive ketones (excluding diaryl/α,β-unsaturated/α-hetero) is 1. The maximum absolute atomic E-state index is 14.4. The van der Waals surface area contributed by atoms with Gasteiger partial charge in [-0.3, -0.25) is 24.3 Å². The molecule has 12 heteroatoms. The second-order valence-electron chi connectivity index (χ2n) is 11.1. The van der Waals surface area contributed by atoms with Gasteiger partial charge in [0, 0.05) is 30.3 Å². The van der Waals surface area contributed by atoms with E-state index in [4.69, 9.17) is 0 Å². The summed E-state index contributed by atoms with van der Waals surface area (Å²) < 4.78 is 27.6. The first kappa shape index (κ1) is 30.5. The van der Waals surface area contributed by atoms with Crippen molar-refractivity contribution in [3.05, 3.63) is 125 Å². The van der Waals surface area contributed by atoms with E-state index in [1.807, 2.05) is 30.3 Å². The molecule has 0 saturated carbocycles. The number of amides is 2. The van der Waals surface area contributed by atoms with Crippen molar-refractivity contribution in [3.63, 3.8) is 0 Å². The van der Waals surface area contributed by atoms with Gasteiger partial charge in [0.15, 0.2) is 15.6 Å². The molecule has 3 aromatic carbocycles. The molecule has 3 heterocycles. The van der Waals surface area contributed by atoms with Crippen molar-refractivity contribution in [2.24, 2.45) is 0 Å². The highest BCUT2D eigenvalue weighted by Crippen LogP contribution is 2.36. The van der Waals surface area contributed by atoms with Crippen LogP contribution in [0.1, 0.15) is 28.0 Å². The van der Waals surface area contributed by atoms with Crippen LogP contribution in [0.25, 0.3) is 11.1 Å². The van der Waals surface area contributed by atoms with Gasteiger partial charge in [0.1, 0.15) is 28.6 Å². The van der Waals surface area contributed by atoms with Crippen molar-refractivity contribution < 1.29 is 33.0 Å². The van der Waals surface area contributed by atoms with Gasteiger partial charge >= 0.3 is 0 Å². The number of hydrogen-bond donors (Lipinski definition) is 4. The van der Waals surface area contributed by atoms with E-state index < -0.39 is 44.6 Å². The number of nitrogens with zero attached hydrogens (tertiary/aromatic N) is 2. The lowest BCUT2D eigenvalue weighted by molar-refractivity contribution is -0.133. The molecule has 234 valence electrons. The standard InChI is InChI=1S/C34H30N4O7S/c39-25-9-4-6-21(16-25)17-27(37-33(42)24-13-11-23(12-14-24)22-7-2-1-3-8-22)34(43)38-31(18-26-32(38)30(41)19-36-26)46(44,45)20-28-29(40)10-5-15-35-28/h1-16,27,31,36,39-40H,17-20H2,(H,37,42). The van der Waals surface area contributed by atoms with Gasteiger partial charge in [-0.1, -0.05) is 54.6 Å². The summed E-state index contributed by atoms with van der Waals surface area (Å²) in [5.41, 5.74) is 2.78. The molecule has 0 bridgehead atoms. The van der Waals surface area contributed by atoms with Crippen molar-refractivity contribution >= 4 is 27.4 Å². The Morgan fingerprint density at radius 3 is 2.41 bits per heavy atom. The van der Waals surface area contributed by atoms with Crippen molar-refractivity contribution in [1.29, 1.82) is 0 Å². The monoisotopic (exact) mass is 638 g/mol. The predicted octanol–water partition coefficient (Wildman–Crippen LogP) is 3.06. The fraction of sp³-hybridized carbons (Fsp3) is 0.176. The summed E-state index contributed by atoms with van der Waals surface area (Å²) in [7, 11) is -4.22. The maximum atomic E-state index is 14.4. The first-order valence-electron chi connectivity index (χ1n) is 14.5. The molecule has 2 aliphatic rings. The molecule has 0 radical (unpaired) electrons. The number of nitrogens with one attached hydrogen (secondary N) is 2. The molecule has 2 atom stereocenters. The Kier molecular flexibility index (Phi) is 8.29. The summed E-state index contributed by atoms with van der Waals surface area (Å²) in [6.07, 6.45) is 1.07. The Hall–Kier alpha value is -5.49. The van der Waals surface area contributed by atoms with Crippen LogP contribution in [0.4, 0.5) is 0 Å². The van der Waals surface area contributed by atoms with Gasteiger partial charge in [0.05, 0.1) is 18.0 Å². The number of carbonyl (C=O) groups is 3. The fourth-order valence-corrected chi connectivity index (χ4v) is 7.47. The van der Waals surface area contributed by atoms with Gasteiger partial charge in [-0.2, -0.15) is 0 Å². The van der Waals surface area contributed by atoms with Crippen LogP contribution in [0.15, 0.2) is 109 Å². The Bertz CT molecular complexity index is 1960. The van der Waals surface area contributed by atoms with Gasteiger partial charge < -0.3 is 20.8 Å². The van der Waals surface area contributed by atoms with Crippen molar-refractivity contribution in [2.75, 3.05) is 6.54 Å². The zero-order chi connectivity index (χ0) is 32.4. The molecule has 11 nitrogen and oxygen atoms in total. The lowest BCUT2D eigenvalue weighted by Gasteiger charge is -2.30. The fourth-order valence-electron chi connectivity index (χ4n) is 5.72. The molecule has 6 rings (SSSR count). The molecule has 0 spiro atoms. The number of ketones is 1. The summed E-state index contributed by atoms with van der Waals surface area (Å²) in [6.45, 7) is -0.0976. The molecular weight excluding hydrogens is 608 g/mol. The van der Waals surface area contributed by atoms with Crippen LogP contribution >= 0.6 is 0 Å². The summed E-state index contributed by atoms with van der Waals surface area (Å²) >= 11 is 0. The largest absolute Gasteiger partial charge is 0.508 e. The summed E-state index contributed by atoms with van der Waals surface area (Å²) in [4.78, 5) is 45.9. The zero-order valence-corrected chi connectivity index (χ0v) is 25.3. The smallest absolute Gasteiger partial charge is 0.251 e. The van der Waals surface area contributed by atoms with Gasteiger partial charge in [0.2, 0.25) is 0 Å². The van der Waals surface area contributed by atoms with E-state index in [1.165, 1.54) is 30.5 Å². The maximum Gasteiger partial charge on any atom is 0.251 e. The Morgan fingerprint density at radius 1 is 0.957 bits per heavy atom. The molecule has 0 saturated heterocycles. The van der Waals surface area contributed by atoms with E-state index in [0.29, 0.717) is 11.3 Å². The molecule has 2 aliphatic heterocycles.